The normalized spacial score (nSPS) is 13.9. The van der Waals surface area contributed by atoms with Crippen molar-refractivity contribution in [1.82, 2.24) is 4.98 Å². The van der Waals surface area contributed by atoms with Crippen LogP contribution in [0.25, 0.3) is 0 Å². The fourth-order valence-corrected chi connectivity index (χ4v) is 2.61. The number of thiazole rings is 1. The van der Waals surface area contributed by atoms with E-state index in [0.717, 1.165) is 23.8 Å². The van der Waals surface area contributed by atoms with E-state index in [0.29, 0.717) is 0 Å². The molecule has 1 unspecified atom stereocenters. The molecule has 0 bridgehead atoms. The Morgan fingerprint density at radius 2 is 2.20 bits per heavy atom. The van der Waals surface area contributed by atoms with Gasteiger partial charge in [-0.15, -0.1) is 22.9 Å². The first-order valence-electron chi connectivity index (χ1n) is 5.17. The van der Waals surface area contributed by atoms with Gasteiger partial charge >= 0.3 is 0 Å². The number of hydrogen-bond donors (Lipinski definition) is 1. The van der Waals surface area contributed by atoms with Crippen LogP contribution in [-0.2, 0) is 0 Å². The van der Waals surface area contributed by atoms with Crippen LogP contribution in [0.15, 0.2) is 5.38 Å². The zero-order valence-corrected chi connectivity index (χ0v) is 11.4. The van der Waals surface area contributed by atoms with E-state index in [1.807, 2.05) is 12.3 Å². The van der Waals surface area contributed by atoms with Crippen LogP contribution < -0.4 is 5.32 Å². The standard InChI is InChI=1S/C11H19ClN2S/c1-8-7-15-10(14-8)13-6-9(12)5-11(2,3)4/h7,9H,5-6H2,1-4H3,(H,13,14). The van der Waals surface area contributed by atoms with E-state index in [1.54, 1.807) is 11.3 Å². The molecule has 2 nitrogen and oxygen atoms in total. The molecule has 0 saturated heterocycles. The van der Waals surface area contributed by atoms with Crippen LogP contribution in [0.1, 0.15) is 32.9 Å². The molecule has 86 valence electrons. The van der Waals surface area contributed by atoms with E-state index in [2.05, 4.69) is 31.1 Å². The van der Waals surface area contributed by atoms with Crippen LogP contribution in [0.5, 0.6) is 0 Å². The summed E-state index contributed by atoms with van der Waals surface area (Å²) in [6, 6.07) is 0. The zero-order valence-electron chi connectivity index (χ0n) is 9.80. The van der Waals surface area contributed by atoms with Gasteiger partial charge in [0.15, 0.2) is 5.13 Å². The summed E-state index contributed by atoms with van der Waals surface area (Å²) in [5.41, 5.74) is 1.34. The highest BCUT2D eigenvalue weighted by atomic mass is 35.5. The van der Waals surface area contributed by atoms with E-state index in [-0.39, 0.29) is 10.8 Å². The van der Waals surface area contributed by atoms with Crippen molar-refractivity contribution in [2.75, 3.05) is 11.9 Å². The van der Waals surface area contributed by atoms with Crippen molar-refractivity contribution < 1.29 is 0 Å². The Bertz CT molecular complexity index is 304. The molecule has 1 aromatic heterocycles. The van der Waals surface area contributed by atoms with Gasteiger partial charge in [0.2, 0.25) is 0 Å². The Kier molecular flexibility index (Phi) is 4.41. The van der Waals surface area contributed by atoms with Gasteiger partial charge in [-0.25, -0.2) is 4.98 Å². The molecule has 0 aromatic carbocycles. The number of anilines is 1. The largest absolute Gasteiger partial charge is 0.360 e. The highest BCUT2D eigenvalue weighted by Crippen LogP contribution is 2.24. The molecular formula is C11H19ClN2S. The van der Waals surface area contributed by atoms with E-state index in [4.69, 9.17) is 11.6 Å². The number of nitrogens with zero attached hydrogens (tertiary/aromatic N) is 1. The molecular weight excluding hydrogens is 228 g/mol. The molecule has 1 atom stereocenters. The minimum absolute atomic E-state index is 0.161. The summed E-state index contributed by atoms with van der Waals surface area (Å²) in [6.07, 6.45) is 1.01. The lowest BCUT2D eigenvalue weighted by Crippen LogP contribution is -2.20. The molecule has 0 saturated carbocycles. The fraction of sp³-hybridized carbons (Fsp3) is 0.727. The van der Waals surface area contributed by atoms with Crippen molar-refractivity contribution >= 4 is 28.1 Å². The summed E-state index contributed by atoms with van der Waals surface area (Å²) in [7, 11) is 0. The summed E-state index contributed by atoms with van der Waals surface area (Å²) in [5, 5.41) is 6.43. The van der Waals surface area contributed by atoms with Gasteiger partial charge in [-0.05, 0) is 18.8 Å². The van der Waals surface area contributed by atoms with E-state index >= 15 is 0 Å². The molecule has 0 aliphatic heterocycles. The molecule has 0 aliphatic rings. The third-order valence-electron chi connectivity index (χ3n) is 1.93. The lowest BCUT2D eigenvalue weighted by atomic mass is 9.90. The first kappa shape index (κ1) is 12.8. The average Bonchev–Trinajstić information content (AvgIpc) is 2.45. The molecule has 1 aromatic rings. The monoisotopic (exact) mass is 246 g/mol. The molecule has 0 amide bonds. The van der Waals surface area contributed by atoms with Crippen molar-refractivity contribution in [2.45, 2.75) is 39.5 Å². The minimum Gasteiger partial charge on any atom is -0.360 e. The lowest BCUT2D eigenvalue weighted by molar-refractivity contribution is 0.373. The van der Waals surface area contributed by atoms with Gasteiger partial charge < -0.3 is 5.32 Å². The van der Waals surface area contributed by atoms with Crippen molar-refractivity contribution in [3.63, 3.8) is 0 Å². The Morgan fingerprint density at radius 1 is 1.53 bits per heavy atom. The second kappa shape index (κ2) is 5.17. The summed E-state index contributed by atoms with van der Waals surface area (Å²) >= 11 is 7.87. The smallest absolute Gasteiger partial charge is 0.182 e. The van der Waals surface area contributed by atoms with Gasteiger partial charge in [0, 0.05) is 11.9 Å². The lowest BCUT2D eigenvalue weighted by Gasteiger charge is -2.21. The Morgan fingerprint density at radius 3 is 2.67 bits per heavy atom. The van der Waals surface area contributed by atoms with Gasteiger partial charge in [-0.1, -0.05) is 20.8 Å². The van der Waals surface area contributed by atoms with Gasteiger partial charge in [-0.3, -0.25) is 0 Å². The molecule has 1 rings (SSSR count). The number of rotatable bonds is 4. The summed E-state index contributed by atoms with van der Waals surface area (Å²) < 4.78 is 0. The molecule has 0 radical (unpaired) electrons. The maximum absolute atomic E-state index is 6.24. The van der Waals surface area contributed by atoms with Crippen molar-refractivity contribution in [3.8, 4) is 0 Å². The molecule has 0 aliphatic carbocycles. The predicted molar refractivity (Wildman–Crippen MR) is 69.1 cm³/mol. The molecule has 0 spiro atoms. The van der Waals surface area contributed by atoms with Gasteiger partial charge in [0.1, 0.15) is 0 Å². The maximum atomic E-state index is 6.24. The molecule has 1 N–H and O–H groups in total. The second-order valence-corrected chi connectivity index (χ2v) is 6.51. The Hall–Kier alpha value is -0.280. The van der Waals surface area contributed by atoms with Crippen LogP contribution in [0.3, 0.4) is 0 Å². The number of hydrogen-bond acceptors (Lipinski definition) is 3. The van der Waals surface area contributed by atoms with Crippen molar-refractivity contribution in [2.24, 2.45) is 5.41 Å². The Labute approximate surface area is 101 Å². The van der Waals surface area contributed by atoms with E-state index < -0.39 is 0 Å². The molecule has 1 heterocycles. The van der Waals surface area contributed by atoms with E-state index in [1.165, 1.54) is 0 Å². The van der Waals surface area contributed by atoms with Crippen LogP contribution in [-0.4, -0.2) is 16.9 Å². The molecule has 15 heavy (non-hydrogen) atoms. The quantitative estimate of drug-likeness (QED) is 0.815. The SMILES string of the molecule is Cc1csc(NCC(Cl)CC(C)(C)C)n1. The van der Waals surface area contributed by atoms with Gasteiger partial charge in [0.25, 0.3) is 0 Å². The van der Waals surface area contributed by atoms with Crippen LogP contribution in [0.2, 0.25) is 0 Å². The first-order chi connectivity index (χ1) is 6.87. The minimum atomic E-state index is 0.161. The summed E-state index contributed by atoms with van der Waals surface area (Å²) in [4.78, 5) is 4.33. The van der Waals surface area contributed by atoms with Crippen LogP contribution >= 0.6 is 22.9 Å². The van der Waals surface area contributed by atoms with E-state index in [9.17, 15) is 0 Å². The zero-order chi connectivity index (χ0) is 11.5. The number of aryl methyl sites for hydroxylation is 1. The topological polar surface area (TPSA) is 24.9 Å². The summed E-state index contributed by atoms with van der Waals surface area (Å²) in [6.45, 7) is 9.39. The van der Waals surface area contributed by atoms with Gasteiger partial charge in [0.05, 0.1) is 11.1 Å². The summed E-state index contributed by atoms with van der Waals surface area (Å²) in [5.74, 6) is 0. The fourth-order valence-electron chi connectivity index (χ4n) is 1.37. The predicted octanol–water partition coefficient (Wildman–Crippen LogP) is 3.91. The third kappa shape index (κ3) is 5.38. The first-order valence-corrected chi connectivity index (χ1v) is 6.48. The second-order valence-electron chi connectivity index (χ2n) is 5.04. The van der Waals surface area contributed by atoms with Gasteiger partial charge in [-0.2, -0.15) is 0 Å². The maximum Gasteiger partial charge on any atom is 0.182 e. The number of nitrogens with one attached hydrogen (secondary N) is 1. The van der Waals surface area contributed by atoms with Crippen molar-refractivity contribution in [1.29, 1.82) is 0 Å². The average molecular weight is 247 g/mol. The highest BCUT2D eigenvalue weighted by molar-refractivity contribution is 7.13. The molecule has 4 heteroatoms. The van der Waals surface area contributed by atoms with Crippen LogP contribution in [0.4, 0.5) is 5.13 Å². The number of aromatic nitrogens is 1. The van der Waals surface area contributed by atoms with Crippen LogP contribution in [0, 0.1) is 12.3 Å². The van der Waals surface area contributed by atoms with Crippen molar-refractivity contribution in [3.05, 3.63) is 11.1 Å². The number of halogens is 1. The number of alkyl halides is 1. The molecule has 0 fully saturated rings. The Balaban J connectivity index is 2.31. The highest BCUT2D eigenvalue weighted by Gasteiger charge is 2.16. The third-order valence-corrected chi connectivity index (χ3v) is 3.15.